The summed E-state index contributed by atoms with van der Waals surface area (Å²) in [5.41, 5.74) is 1.22. The van der Waals surface area contributed by atoms with Crippen molar-refractivity contribution in [2.24, 2.45) is 0 Å². The Bertz CT molecular complexity index is 469. The van der Waals surface area contributed by atoms with Gasteiger partial charge in [-0.1, -0.05) is 6.42 Å². The highest BCUT2D eigenvalue weighted by atomic mass is 16.3. The van der Waals surface area contributed by atoms with Crippen molar-refractivity contribution in [3.05, 3.63) is 17.7 Å². The molecule has 1 aromatic rings. The number of fused-ring (bicyclic) bond motifs is 1. The van der Waals surface area contributed by atoms with Crippen molar-refractivity contribution in [2.45, 2.75) is 76.9 Å². The third kappa shape index (κ3) is 3.16. The molecule has 3 heterocycles. The topological polar surface area (TPSA) is 41.3 Å². The van der Waals surface area contributed by atoms with Crippen molar-refractivity contribution in [2.75, 3.05) is 13.2 Å². The number of imidazole rings is 1. The lowest BCUT2D eigenvalue weighted by atomic mass is 9.97. The zero-order valence-corrected chi connectivity index (χ0v) is 13.5. The Morgan fingerprint density at radius 2 is 2.05 bits per heavy atom. The maximum absolute atomic E-state index is 9.53. The normalized spacial score (nSPS) is 27.0. The lowest BCUT2D eigenvalue weighted by molar-refractivity contribution is 0.111. The first-order valence-corrected chi connectivity index (χ1v) is 8.62. The number of aryl methyl sites for hydroxylation is 1. The average molecular weight is 291 g/mol. The van der Waals surface area contributed by atoms with Gasteiger partial charge in [-0.15, -0.1) is 0 Å². The Morgan fingerprint density at radius 3 is 2.81 bits per heavy atom. The lowest BCUT2D eigenvalue weighted by Crippen LogP contribution is -2.45. The number of aliphatic hydroxyl groups excluding tert-OH is 1. The monoisotopic (exact) mass is 291 g/mol. The molecule has 21 heavy (non-hydrogen) atoms. The van der Waals surface area contributed by atoms with Crippen molar-refractivity contribution in [1.82, 2.24) is 14.5 Å². The molecule has 0 spiro atoms. The summed E-state index contributed by atoms with van der Waals surface area (Å²) in [5, 5.41) is 9.53. The molecule has 118 valence electrons. The number of likely N-dealkylation sites (tertiary alicyclic amines) is 1. The highest BCUT2D eigenvalue weighted by Gasteiger charge is 2.27. The van der Waals surface area contributed by atoms with Crippen LogP contribution in [0.25, 0.3) is 0 Å². The predicted molar refractivity (Wildman–Crippen MR) is 84.5 cm³/mol. The maximum Gasteiger partial charge on any atom is 0.109 e. The van der Waals surface area contributed by atoms with E-state index in [0.717, 1.165) is 25.7 Å². The van der Waals surface area contributed by atoms with Crippen LogP contribution in [0, 0.1) is 0 Å². The van der Waals surface area contributed by atoms with E-state index in [1.165, 1.54) is 37.3 Å². The molecule has 4 heteroatoms. The summed E-state index contributed by atoms with van der Waals surface area (Å²) < 4.78 is 2.24. The van der Waals surface area contributed by atoms with Crippen LogP contribution < -0.4 is 0 Å². The molecule has 0 amide bonds. The second-order valence-corrected chi connectivity index (χ2v) is 6.97. The van der Waals surface area contributed by atoms with Crippen LogP contribution in [0.2, 0.25) is 0 Å². The van der Waals surface area contributed by atoms with Gasteiger partial charge in [-0.25, -0.2) is 4.98 Å². The van der Waals surface area contributed by atoms with Crippen molar-refractivity contribution < 1.29 is 5.11 Å². The molecule has 0 aliphatic carbocycles. The van der Waals surface area contributed by atoms with Crippen LogP contribution in [0.4, 0.5) is 0 Å². The van der Waals surface area contributed by atoms with Crippen molar-refractivity contribution in [3.8, 4) is 0 Å². The van der Waals surface area contributed by atoms with E-state index in [1.807, 2.05) is 0 Å². The molecule has 1 N–H and O–H groups in total. The van der Waals surface area contributed by atoms with Gasteiger partial charge in [0.1, 0.15) is 5.82 Å². The van der Waals surface area contributed by atoms with Gasteiger partial charge in [-0.2, -0.15) is 0 Å². The second-order valence-electron chi connectivity index (χ2n) is 6.97. The molecule has 2 unspecified atom stereocenters. The number of rotatable bonds is 4. The van der Waals surface area contributed by atoms with E-state index < -0.39 is 0 Å². The lowest BCUT2D eigenvalue weighted by Gasteiger charge is -2.38. The standard InChI is InChI=1S/C17H29N3O/c1-13(2)19-9-4-3-6-15(19)10-14-11-20-16(12-21)7-5-8-17(20)18-14/h11,13,15-16,21H,3-10,12H2,1-2H3. The molecule has 2 aliphatic heterocycles. The summed E-state index contributed by atoms with van der Waals surface area (Å²) in [6.07, 6.45) is 10.6. The van der Waals surface area contributed by atoms with E-state index in [1.54, 1.807) is 0 Å². The minimum atomic E-state index is 0.240. The summed E-state index contributed by atoms with van der Waals surface area (Å²) in [4.78, 5) is 7.51. The Labute approximate surface area is 128 Å². The molecule has 2 atom stereocenters. The molecule has 2 aliphatic rings. The molecule has 0 saturated carbocycles. The van der Waals surface area contributed by atoms with Crippen LogP contribution in [-0.4, -0.2) is 44.8 Å². The molecule has 4 nitrogen and oxygen atoms in total. The Morgan fingerprint density at radius 1 is 1.24 bits per heavy atom. The van der Waals surface area contributed by atoms with E-state index in [2.05, 4.69) is 29.5 Å². The van der Waals surface area contributed by atoms with E-state index in [0.29, 0.717) is 12.1 Å². The Balaban J connectivity index is 1.74. The number of hydrogen-bond acceptors (Lipinski definition) is 3. The summed E-state index contributed by atoms with van der Waals surface area (Å²) in [6, 6.07) is 1.52. The number of piperidine rings is 1. The summed E-state index contributed by atoms with van der Waals surface area (Å²) >= 11 is 0. The molecule has 3 rings (SSSR count). The van der Waals surface area contributed by atoms with Gasteiger partial charge in [0.2, 0.25) is 0 Å². The first-order valence-electron chi connectivity index (χ1n) is 8.62. The Kier molecular flexibility index (Phi) is 4.65. The maximum atomic E-state index is 9.53. The minimum absolute atomic E-state index is 0.240. The predicted octanol–water partition coefficient (Wildman–Crippen LogP) is 2.56. The van der Waals surface area contributed by atoms with Crippen LogP contribution in [0.5, 0.6) is 0 Å². The third-order valence-electron chi connectivity index (χ3n) is 5.18. The van der Waals surface area contributed by atoms with Gasteiger partial charge in [0.05, 0.1) is 18.3 Å². The summed E-state index contributed by atoms with van der Waals surface area (Å²) in [6.45, 7) is 6.08. The quantitative estimate of drug-likeness (QED) is 0.927. The third-order valence-corrected chi connectivity index (χ3v) is 5.18. The smallest absolute Gasteiger partial charge is 0.109 e. The molecular weight excluding hydrogens is 262 g/mol. The van der Waals surface area contributed by atoms with Crippen molar-refractivity contribution in [3.63, 3.8) is 0 Å². The van der Waals surface area contributed by atoms with E-state index >= 15 is 0 Å². The van der Waals surface area contributed by atoms with E-state index in [9.17, 15) is 5.11 Å². The second kappa shape index (κ2) is 6.49. The van der Waals surface area contributed by atoms with Crippen LogP contribution in [0.15, 0.2) is 6.20 Å². The number of aliphatic hydroxyl groups is 1. The first-order chi connectivity index (χ1) is 10.2. The fraction of sp³-hybridized carbons (Fsp3) is 0.824. The Hall–Kier alpha value is -0.870. The zero-order chi connectivity index (χ0) is 14.8. The van der Waals surface area contributed by atoms with Gasteiger partial charge in [0.25, 0.3) is 0 Å². The summed E-state index contributed by atoms with van der Waals surface area (Å²) in [5.74, 6) is 1.18. The van der Waals surface area contributed by atoms with Gasteiger partial charge >= 0.3 is 0 Å². The fourth-order valence-electron chi connectivity index (χ4n) is 4.06. The van der Waals surface area contributed by atoms with Gasteiger partial charge < -0.3 is 9.67 Å². The molecular formula is C17H29N3O. The van der Waals surface area contributed by atoms with Gasteiger partial charge in [0.15, 0.2) is 0 Å². The minimum Gasteiger partial charge on any atom is -0.394 e. The van der Waals surface area contributed by atoms with Gasteiger partial charge in [-0.05, 0) is 46.1 Å². The van der Waals surface area contributed by atoms with Gasteiger partial charge in [-0.3, -0.25) is 4.90 Å². The molecule has 1 aromatic heterocycles. The number of hydrogen-bond donors (Lipinski definition) is 1. The highest BCUT2D eigenvalue weighted by molar-refractivity contribution is 5.10. The van der Waals surface area contributed by atoms with E-state index in [-0.39, 0.29) is 12.6 Å². The van der Waals surface area contributed by atoms with Crippen molar-refractivity contribution >= 4 is 0 Å². The molecule has 0 radical (unpaired) electrons. The van der Waals surface area contributed by atoms with Gasteiger partial charge in [0, 0.05) is 31.1 Å². The highest BCUT2D eigenvalue weighted by Crippen LogP contribution is 2.27. The van der Waals surface area contributed by atoms with Crippen LogP contribution in [-0.2, 0) is 12.8 Å². The van der Waals surface area contributed by atoms with Crippen LogP contribution >= 0.6 is 0 Å². The van der Waals surface area contributed by atoms with E-state index in [4.69, 9.17) is 4.98 Å². The molecule has 1 saturated heterocycles. The zero-order valence-electron chi connectivity index (χ0n) is 13.5. The molecule has 0 aromatic carbocycles. The molecule has 1 fully saturated rings. The molecule has 0 bridgehead atoms. The van der Waals surface area contributed by atoms with Crippen LogP contribution in [0.3, 0.4) is 0 Å². The van der Waals surface area contributed by atoms with Crippen LogP contribution in [0.1, 0.15) is 63.5 Å². The first kappa shape index (κ1) is 15.0. The average Bonchev–Trinajstić information content (AvgIpc) is 2.89. The summed E-state index contributed by atoms with van der Waals surface area (Å²) in [7, 11) is 0. The number of aromatic nitrogens is 2. The number of nitrogens with zero attached hydrogens (tertiary/aromatic N) is 3. The fourth-order valence-corrected chi connectivity index (χ4v) is 4.06. The van der Waals surface area contributed by atoms with Crippen molar-refractivity contribution in [1.29, 1.82) is 0 Å². The largest absolute Gasteiger partial charge is 0.394 e. The SMILES string of the molecule is CC(C)N1CCCCC1Cc1cn2c(n1)CCCC2CO.